The first-order chi connectivity index (χ1) is 6.79. The maximum Gasteiger partial charge on any atom is 0.173 e. The van der Waals surface area contributed by atoms with E-state index in [0.29, 0.717) is 5.92 Å². The normalized spacial score (nSPS) is 20.0. The molecule has 0 radical (unpaired) electrons. The monoisotopic (exact) mass is 194 g/mol. The van der Waals surface area contributed by atoms with E-state index >= 15 is 0 Å². The largest absolute Gasteiger partial charge is 0.373 e. The van der Waals surface area contributed by atoms with E-state index in [1.54, 1.807) is 7.11 Å². The summed E-state index contributed by atoms with van der Waals surface area (Å²) < 4.78 is 5.26. The molecule has 14 heavy (non-hydrogen) atoms. The van der Waals surface area contributed by atoms with Gasteiger partial charge >= 0.3 is 0 Å². The first kappa shape index (κ1) is 11.3. The van der Waals surface area contributed by atoms with Crippen molar-refractivity contribution in [3.05, 3.63) is 0 Å². The summed E-state index contributed by atoms with van der Waals surface area (Å²) in [5, 5.41) is 0. The Morgan fingerprint density at radius 3 is 2.64 bits per heavy atom. The van der Waals surface area contributed by atoms with Gasteiger partial charge in [0.1, 0.15) is 6.10 Å². The molecule has 1 fully saturated rings. The second-order valence-electron chi connectivity index (χ2n) is 3.90. The summed E-state index contributed by atoms with van der Waals surface area (Å²) in [6.45, 7) is 0. The van der Waals surface area contributed by atoms with Crippen LogP contribution in [0.15, 0.2) is 0 Å². The van der Waals surface area contributed by atoms with Gasteiger partial charge in [-0.05, 0) is 18.8 Å². The molecule has 0 aliphatic heterocycles. The van der Waals surface area contributed by atoms with Crippen LogP contribution in [0.25, 0.3) is 0 Å². The molecule has 1 aliphatic rings. The second kappa shape index (κ2) is 5.82. The number of methoxy groups -OCH3 is 1. The van der Waals surface area contributed by atoms with Gasteiger partial charge in [0.05, 0.1) is 6.42 Å². The van der Waals surface area contributed by atoms with Gasteiger partial charge in [-0.2, -0.15) is 0 Å². The molecule has 0 N–H and O–H groups in total. The highest BCUT2D eigenvalue weighted by molar-refractivity contribution is 5.85. The highest BCUT2D eigenvalue weighted by Gasteiger charge is 2.28. The molecule has 0 bridgehead atoms. The molecule has 1 saturated carbocycles. The summed E-state index contributed by atoms with van der Waals surface area (Å²) in [6, 6.07) is 0. The third-order valence-electron chi connectivity index (χ3n) is 2.93. The van der Waals surface area contributed by atoms with Crippen LogP contribution in [0.4, 0.5) is 0 Å². The van der Waals surface area contributed by atoms with Crippen molar-refractivity contribution in [2.75, 3.05) is 7.11 Å². The number of ether oxygens (including phenoxy) is 1. The fraction of sp³-hybridized carbons (Fsp3) is 0.750. The van der Waals surface area contributed by atoms with Gasteiger partial charge in [-0.1, -0.05) is 25.2 Å². The van der Waals surface area contributed by atoms with Crippen LogP contribution in [0, 0.1) is 18.3 Å². The fourth-order valence-corrected chi connectivity index (χ4v) is 2.22. The Balaban J connectivity index is 2.51. The lowest BCUT2D eigenvalue weighted by atomic mass is 9.83. The van der Waals surface area contributed by atoms with E-state index in [1.807, 2.05) is 0 Å². The van der Waals surface area contributed by atoms with Crippen molar-refractivity contribution in [3.63, 3.8) is 0 Å². The summed E-state index contributed by atoms with van der Waals surface area (Å²) in [5.41, 5.74) is 0. The van der Waals surface area contributed by atoms with E-state index in [-0.39, 0.29) is 18.3 Å². The molecular weight excluding hydrogens is 176 g/mol. The molecule has 2 heteroatoms. The number of carbonyl (C=O) groups excluding carboxylic acids is 1. The average Bonchev–Trinajstić information content (AvgIpc) is 2.21. The second-order valence-corrected chi connectivity index (χ2v) is 3.90. The molecule has 0 spiro atoms. The summed E-state index contributed by atoms with van der Waals surface area (Å²) >= 11 is 0. The fourth-order valence-electron chi connectivity index (χ4n) is 2.22. The molecule has 78 valence electrons. The molecule has 0 aromatic carbocycles. The number of carbonyl (C=O) groups is 1. The number of rotatable bonds is 4. The lowest BCUT2D eigenvalue weighted by Crippen LogP contribution is -2.32. The highest BCUT2D eigenvalue weighted by atomic mass is 16.5. The van der Waals surface area contributed by atoms with E-state index in [4.69, 9.17) is 11.2 Å². The van der Waals surface area contributed by atoms with E-state index in [1.165, 1.54) is 19.3 Å². The minimum absolute atomic E-state index is 0.0712. The molecular formula is C12H18O2. The van der Waals surface area contributed by atoms with Crippen LogP contribution in [0.3, 0.4) is 0 Å². The van der Waals surface area contributed by atoms with Crippen LogP contribution >= 0.6 is 0 Å². The van der Waals surface area contributed by atoms with Crippen molar-refractivity contribution >= 4 is 5.78 Å². The van der Waals surface area contributed by atoms with Gasteiger partial charge in [0.15, 0.2) is 5.78 Å². The zero-order chi connectivity index (χ0) is 10.4. The van der Waals surface area contributed by atoms with E-state index < -0.39 is 0 Å². The lowest BCUT2D eigenvalue weighted by molar-refractivity contribution is -0.131. The van der Waals surface area contributed by atoms with Gasteiger partial charge in [-0.25, -0.2) is 0 Å². The molecule has 1 atom stereocenters. The quantitative estimate of drug-likeness (QED) is 0.641. The zero-order valence-corrected chi connectivity index (χ0v) is 8.79. The third-order valence-corrected chi connectivity index (χ3v) is 2.93. The van der Waals surface area contributed by atoms with Crippen molar-refractivity contribution in [2.45, 2.75) is 44.6 Å². The Morgan fingerprint density at radius 1 is 1.50 bits per heavy atom. The minimum atomic E-state index is -0.258. The average molecular weight is 194 g/mol. The Bertz CT molecular complexity index is 221. The van der Waals surface area contributed by atoms with Crippen LogP contribution in [-0.2, 0) is 9.53 Å². The first-order valence-electron chi connectivity index (χ1n) is 5.28. The van der Waals surface area contributed by atoms with Crippen molar-refractivity contribution in [3.8, 4) is 12.3 Å². The Kier molecular flexibility index (Phi) is 4.69. The van der Waals surface area contributed by atoms with Crippen molar-refractivity contribution < 1.29 is 9.53 Å². The van der Waals surface area contributed by atoms with Crippen molar-refractivity contribution in [2.24, 2.45) is 5.92 Å². The van der Waals surface area contributed by atoms with Crippen LogP contribution < -0.4 is 0 Å². The standard InChI is InChI=1S/C12H18O2/c1-3-7-11(13)12(14-2)10-8-5-4-6-9-10/h1,10,12H,4-9H2,2H3. The van der Waals surface area contributed by atoms with E-state index in [9.17, 15) is 4.79 Å². The zero-order valence-electron chi connectivity index (χ0n) is 8.79. The van der Waals surface area contributed by atoms with Gasteiger partial charge in [-0.3, -0.25) is 4.79 Å². The number of hydrogen-bond acceptors (Lipinski definition) is 2. The summed E-state index contributed by atoms with van der Waals surface area (Å²) in [4.78, 5) is 11.6. The summed E-state index contributed by atoms with van der Waals surface area (Å²) in [6.07, 6.45) is 11.0. The van der Waals surface area contributed by atoms with Crippen LogP contribution in [0.5, 0.6) is 0 Å². The smallest absolute Gasteiger partial charge is 0.173 e. The number of Topliss-reactive ketones (excluding diaryl/α,β-unsaturated/α-hetero) is 1. The molecule has 0 aromatic rings. The molecule has 0 amide bonds. The lowest BCUT2D eigenvalue weighted by Gasteiger charge is -2.27. The molecule has 1 unspecified atom stereocenters. The predicted octanol–water partition coefficient (Wildman–Crippen LogP) is 2.17. The molecule has 0 heterocycles. The van der Waals surface area contributed by atoms with Crippen molar-refractivity contribution in [1.82, 2.24) is 0 Å². The molecule has 1 rings (SSSR count). The minimum Gasteiger partial charge on any atom is -0.373 e. The number of ketones is 1. The predicted molar refractivity (Wildman–Crippen MR) is 55.8 cm³/mol. The SMILES string of the molecule is C#CCC(=O)C(OC)C1CCCCC1. The van der Waals surface area contributed by atoms with Gasteiger partial charge < -0.3 is 4.74 Å². The third kappa shape index (κ3) is 2.85. The van der Waals surface area contributed by atoms with E-state index in [2.05, 4.69) is 5.92 Å². The Hall–Kier alpha value is -0.810. The topological polar surface area (TPSA) is 26.3 Å². The maximum atomic E-state index is 11.6. The maximum absolute atomic E-state index is 11.6. The molecule has 0 saturated heterocycles. The van der Waals surface area contributed by atoms with Crippen LogP contribution in [-0.4, -0.2) is 19.0 Å². The Labute approximate surface area is 86.0 Å². The number of hydrogen-bond donors (Lipinski definition) is 0. The number of terminal acetylenes is 1. The van der Waals surface area contributed by atoms with Gasteiger partial charge in [0, 0.05) is 7.11 Å². The highest BCUT2D eigenvalue weighted by Crippen LogP contribution is 2.28. The molecule has 2 nitrogen and oxygen atoms in total. The molecule has 1 aliphatic carbocycles. The van der Waals surface area contributed by atoms with Crippen molar-refractivity contribution in [1.29, 1.82) is 0 Å². The molecule has 0 aromatic heterocycles. The van der Waals surface area contributed by atoms with Crippen LogP contribution in [0.1, 0.15) is 38.5 Å². The summed E-state index contributed by atoms with van der Waals surface area (Å²) in [7, 11) is 1.60. The summed E-state index contributed by atoms with van der Waals surface area (Å²) in [5.74, 6) is 2.86. The Morgan fingerprint density at radius 2 is 2.14 bits per heavy atom. The van der Waals surface area contributed by atoms with Crippen LogP contribution in [0.2, 0.25) is 0 Å². The van der Waals surface area contributed by atoms with Gasteiger partial charge in [-0.15, -0.1) is 6.42 Å². The van der Waals surface area contributed by atoms with Gasteiger partial charge in [0.2, 0.25) is 0 Å². The van der Waals surface area contributed by atoms with E-state index in [0.717, 1.165) is 12.8 Å². The first-order valence-corrected chi connectivity index (χ1v) is 5.28. The van der Waals surface area contributed by atoms with Gasteiger partial charge in [0.25, 0.3) is 0 Å².